The Balaban J connectivity index is 2.17. The van der Waals surface area contributed by atoms with E-state index in [1.165, 1.54) is 23.1 Å². The van der Waals surface area contributed by atoms with E-state index in [1.807, 2.05) is 19.9 Å². The number of H-pyrrole nitrogens is 1. The topological polar surface area (TPSA) is 72.0 Å². The summed E-state index contributed by atoms with van der Waals surface area (Å²) in [6.07, 6.45) is 0.790. The fraction of sp³-hybridized carbons (Fsp3) is 0.462. The van der Waals surface area contributed by atoms with Crippen molar-refractivity contribution >= 4 is 39.3 Å². The van der Waals surface area contributed by atoms with Crippen LogP contribution in [0.4, 0.5) is 0 Å². The van der Waals surface area contributed by atoms with Gasteiger partial charge in [-0.15, -0.1) is 11.3 Å². The Kier molecular flexibility index (Phi) is 4.82. The molecule has 0 aliphatic rings. The zero-order valence-electron chi connectivity index (χ0n) is 11.6. The normalized spacial score (nSPS) is 12.6. The lowest BCUT2D eigenvalue weighted by atomic mass is 10.4. The number of rotatable bonds is 5. The van der Waals surface area contributed by atoms with Gasteiger partial charge in [-0.25, -0.2) is 4.98 Å². The minimum atomic E-state index is -0.400. The average Bonchev–Trinajstić information content (AvgIpc) is 2.77. The van der Waals surface area contributed by atoms with Crippen molar-refractivity contribution in [3.05, 3.63) is 21.3 Å². The molecule has 0 aliphatic heterocycles. The first-order valence-corrected chi connectivity index (χ1v) is 8.04. The lowest BCUT2D eigenvalue weighted by Gasteiger charge is -2.09. The van der Waals surface area contributed by atoms with Crippen LogP contribution in [0, 0.1) is 6.92 Å². The molecule has 2 aromatic heterocycles. The van der Waals surface area contributed by atoms with Crippen LogP contribution in [-0.2, 0) is 9.53 Å². The number of fused-ring (bicyclic) bond motifs is 1. The summed E-state index contributed by atoms with van der Waals surface area (Å²) >= 11 is 2.68. The third kappa shape index (κ3) is 3.40. The summed E-state index contributed by atoms with van der Waals surface area (Å²) in [6.45, 7) is 6.03. The number of thioether (sulfide) groups is 1. The Morgan fingerprint density at radius 3 is 3.05 bits per heavy atom. The van der Waals surface area contributed by atoms with Crippen molar-refractivity contribution in [2.24, 2.45) is 0 Å². The van der Waals surface area contributed by atoms with Crippen LogP contribution in [0.15, 0.2) is 16.0 Å². The van der Waals surface area contributed by atoms with E-state index in [2.05, 4.69) is 9.97 Å². The summed E-state index contributed by atoms with van der Waals surface area (Å²) in [6, 6.07) is 1.82. The molecule has 0 spiro atoms. The van der Waals surface area contributed by atoms with E-state index >= 15 is 0 Å². The van der Waals surface area contributed by atoms with Crippen molar-refractivity contribution in [2.75, 3.05) is 6.61 Å². The van der Waals surface area contributed by atoms with Gasteiger partial charge in [-0.3, -0.25) is 9.59 Å². The highest BCUT2D eigenvalue weighted by molar-refractivity contribution is 8.00. The molecule has 2 rings (SSSR count). The van der Waals surface area contributed by atoms with Crippen molar-refractivity contribution in [2.45, 2.75) is 37.6 Å². The zero-order chi connectivity index (χ0) is 14.7. The average molecular weight is 312 g/mol. The van der Waals surface area contributed by atoms with Gasteiger partial charge in [0.1, 0.15) is 10.1 Å². The fourth-order valence-corrected chi connectivity index (χ4v) is 3.36. The van der Waals surface area contributed by atoms with Crippen molar-refractivity contribution in [1.29, 1.82) is 0 Å². The van der Waals surface area contributed by atoms with E-state index in [0.717, 1.165) is 11.3 Å². The van der Waals surface area contributed by atoms with Crippen LogP contribution in [0.25, 0.3) is 10.2 Å². The monoisotopic (exact) mass is 312 g/mol. The number of nitrogens with one attached hydrogen (secondary N) is 1. The predicted octanol–water partition coefficient (Wildman–Crippen LogP) is 2.73. The molecule has 0 aromatic carbocycles. The first-order chi connectivity index (χ1) is 9.51. The highest BCUT2D eigenvalue weighted by Gasteiger charge is 2.18. The lowest BCUT2D eigenvalue weighted by Crippen LogP contribution is -2.18. The Labute approximate surface area is 124 Å². The number of hydrogen-bond acceptors (Lipinski definition) is 6. The number of aryl methyl sites for hydroxylation is 1. The minimum Gasteiger partial charge on any atom is -0.465 e. The van der Waals surface area contributed by atoms with Gasteiger partial charge in [-0.2, -0.15) is 0 Å². The molecule has 20 heavy (non-hydrogen) atoms. The molecule has 0 radical (unpaired) electrons. The smallest absolute Gasteiger partial charge is 0.319 e. The van der Waals surface area contributed by atoms with E-state index in [1.54, 1.807) is 6.92 Å². The number of hydrogen-bond donors (Lipinski definition) is 1. The van der Waals surface area contributed by atoms with Crippen molar-refractivity contribution in [3.63, 3.8) is 0 Å². The van der Waals surface area contributed by atoms with Gasteiger partial charge in [0, 0.05) is 4.88 Å². The number of aromatic nitrogens is 2. The van der Waals surface area contributed by atoms with E-state index in [0.29, 0.717) is 22.0 Å². The molecule has 0 saturated heterocycles. The van der Waals surface area contributed by atoms with Crippen LogP contribution in [-0.4, -0.2) is 27.8 Å². The van der Waals surface area contributed by atoms with E-state index < -0.39 is 5.25 Å². The summed E-state index contributed by atoms with van der Waals surface area (Å²) in [5, 5.41) is 0.645. The molecule has 2 aromatic rings. The van der Waals surface area contributed by atoms with Crippen LogP contribution >= 0.6 is 23.1 Å². The van der Waals surface area contributed by atoms with Gasteiger partial charge in [0.25, 0.3) is 5.56 Å². The largest absolute Gasteiger partial charge is 0.465 e. The van der Waals surface area contributed by atoms with Crippen LogP contribution in [0.2, 0.25) is 0 Å². The minimum absolute atomic E-state index is 0.170. The molecule has 5 nitrogen and oxygen atoms in total. The molecule has 0 aliphatic carbocycles. The standard InChI is InChI=1S/C13H16N2O3S2/c1-4-5-18-12(17)8(3)20-13-14-10(16)9-6-7(2)19-11(9)15-13/h6,8H,4-5H2,1-3H3,(H,14,15,16). The van der Waals surface area contributed by atoms with Crippen LogP contribution in [0.3, 0.4) is 0 Å². The summed E-state index contributed by atoms with van der Waals surface area (Å²) in [5.41, 5.74) is -0.170. The van der Waals surface area contributed by atoms with Crippen LogP contribution in [0.1, 0.15) is 25.1 Å². The number of aromatic amines is 1. The first kappa shape index (κ1) is 15.1. The molecule has 2 heterocycles. The first-order valence-electron chi connectivity index (χ1n) is 6.35. The second-order valence-electron chi connectivity index (χ2n) is 4.37. The highest BCUT2D eigenvalue weighted by Crippen LogP contribution is 2.24. The molecular weight excluding hydrogens is 296 g/mol. The van der Waals surface area contributed by atoms with Gasteiger partial charge in [0.15, 0.2) is 5.16 Å². The Hall–Kier alpha value is -1.34. The van der Waals surface area contributed by atoms with Crippen LogP contribution in [0.5, 0.6) is 0 Å². The second-order valence-corrected chi connectivity index (χ2v) is 6.94. The Morgan fingerprint density at radius 1 is 1.60 bits per heavy atom. The zero-order valence-corrected chi connectivity index (χ0v) is 13.2. The SMILES string of the molecule is CCCOC(=O)C(C)Sc1nc2sc(C)cc2c(=O)[nH]1. The van der Waals surface area contributed by atoms with E-state index in [9.17, 15) is 9.59 Å². The molecule has 1 N–H and O–H groups in total. The second kappa shape index (κ2) is 6.41. The summed E-state index contributed by atoms with van der Waals surface area (Å²) < 4.78 is 5.07. The van der Waals surface area contributed by atoms with Gasteiger partial charge in [-0.1, -0.05) is 18.7 Å². The van der Waals surface area contributed by atoms with Crippen LogP contribution < -0.4 is 5.56 Å². The van der Waals surface area contributed by atoms with Crippen molar-refractivity contribution in [3.8, 4) is 0 Å². The van der Waals surface area contributed by atoms with Crippen molar-refractivity contribution < 1.29 is 9.53 Å². The number of thiophene rings is 1. The van der Waals surface area contributed by atoms with E-state index in [-0.39, 0.29) is 11.5 Å². The van der Waals surface area contributed by atoms with E-state index in [4.69, 9.17) is 4.74 Å². The highest BCUT2D eigenvalue weighted by atomic mass is 32.2. The van der Waals surface area contributed by atoms with Gasteiger partial charge in [0.2, 0.25) is 0 Å². The maximum atomic E-state index is 11.9. The molecule has 1 unspecified atom stereocenters. The summed E-state index contributed by atoms with van der Waals surface area (Å²) in [4.78, 5) is 32.4. The van der Waals surface area contributed by atoms with Gasteiger partial charge in [0.05, 0.1) is 12.0 Å². The maximum absolute atomic E-state index is 11.9. The van der Waals surface area contributed by atoms with Gasteiger partial charge < -0.3 is 9.72 Å². The van der Waals surface area contributed by atoms with Crippen molar-refractivity contribution in [1.82, 2.24) is 9.97 Å². The summed E-state index contributed by atoms with van der Waals surface area (Å²) in [7, 11) is 0. The third-order valence-electron chi connectivity index (χ3n) is 2.57. The Morgan fingerprint density at radius 2 is 2.35 bits per heavy atom. The number of nitrogens with zero attached hydrogens (tertiary/aromatic N) is 1. The van der Waals surface area contributed by atoms with Gasteiger partial charge >= 0.3 is 5.97 Å². The molecule has 108 valence electrons. The molecule has 0 saturated carbocycles. The molecular formula is C13H16N2O3S2. The molecule has 7 heteroatoms. The fourth-order valence-electron chi connectivity index (χ4n) is 1.62. The predicted molar refractivity (Wildman–Crippen MR) is 81.5 cm³/mol. The lowest BCUT2D eigenvalue weighted by molar-refractivity contribution is -0.142. The Bertz CT molecular complexity index is 678. The number of ether oxygens (including phenoxy) is 1. The number of esters is 1. The summed E-state index contributed by atoms with van der Waals surface area (Å²) in [5.74, 6) is -0.290. The number of carbonyl (C=O) groups is 1. The molecule has 1 atom stereocenters. The molecule has 0 amide bonds. The quantitative estimate of drug-likeness (QED) is 0.522. The van der Waals surface area contributed by atoms with Gasteiger partial charge in [-0.05, 0) is 26.3 Å². The molecule has 0 fully saturated rings. The third-order valence-corrected chi connectivity index (χ3v) is 4.48. The molecule has 0 bridgehead atoms. The maximum Gasteiger partial charge on any atom is 0.319 e. The number of carbonyl (C=O) groups excluding carboxylic acids is 1.